The van der Waals surface area contributed by atoms with Gasteiger partial charge in [0.2, 0.25) is 5.91 Å². The van der Waals surface area contributed by atoms with Gasteiger partial charge in [-0.15, -0.1) is 0 Å². The van der Waals surface area contributed by atoms with Gasteiger partial charge in [0.15, 0.2) is 5.03 Å². The van der Waals surface area contributed by atoms with Crippen LogP contribution < -0.4 is 10.0 Å². The molecule has 3 N–H and O–H groups in total. The molecule has 1 aliphatic rings. The zero-order valence-corrected chi connectivity index (χ0v) is 15.2. The van der Waals surface area contributed by atoms with Crippen LogP contribution in [-0.4, -0.2) is 47.5 Å². The Kier molecular flexibility index (Phi) is 6.17. The van der Waals surface area contributed by atoms with Crippen molar-refractivity contribution >= 4 is 21.9 Å². The predicted octanol–water partition coefficient (Wildman–Crippen LogP) is 0.157. The molecular formula is C15H24N4O5S. The number of hydrogen-bond acceptors (Lipinski definition) is 5. The van der Waals surface area contributed by atoms with Gasteiger partial charge in [0.25, 0.3) is 10.0 Å². The van der Waals surface area contributed by atoms with Crippen LogP contribution in [0.25, 0.3) is 0 Å². The molecule has 0 bridgehead atoms. The number of carboxylic acid groups (broad SMARTS) is 1. The van der Waals surface area contributed by atoms with E-state index in [-0.39, 0.29) is 35.9 Å². The van der Waals surface area contributed by atoms with E-state index in [0.717, 1.165) is 0 Å². The molecule has 25 heavy (non-hydrogen) atoms. The van der Waals surface area contributed by atoms with E-state index in [1.165, 1.54) is 6.20 Å². The number of amides is 1. The average Bonchev–Trinajstić information content (AvgIpc) is 2.88. The Morgan fingerprint density at radius 2 is 1.96 bits per heavy atom. The smallest absolute Gasteiger partial charge is 0.306 e. The zero-order valence-electron chi connectivity index (χ0n) is 14.4. The highest BCUT2D eigenvalue weighted by Crippen LogP contribution is 2.24. The van der Waals surface area contributed by atoms with Gasteiger partial charge in [0.1, 0.15) is 5.82 Å². The van der Waals surface area contributed by atoms with E-state index >= 15 is 0 Å². The quantitative estimate of drug-likeness (QED) is 0.625. The lowest BCUT2D eigenvalue weighted by molar-refractivity contribution is -0.142. The second kappa shape index (κ2) is 7.96. The van der Waals surface area contributed by atoms with E-state index in [4.69, 9.17) is 5.11 Å². The molecule has 0 aromatic carbocycles. The third-order valence-electron chi connectivity index (χ3n) is 4.45. The van der Waals surface area contributed by atoms with Crippen LogP contribution in [0.2, 0.25) is 0 Å². The molecule has 1 fully saturated rings. The van der Waals surface area contributed by atoms with Gasteiger partial charge in [-0.05, 0) is 32.6 Å². The molecular weight excluding hydrogens is 348 g/mol. The molecule has 9 nitrogen and oxygen atoms in total. The summed E-state index contributed by atoms with van der Waals surface area (Å²) < 4.78 is 28.2. The topological polar surface area (TPSA) is 130 Å². The SMILES string of the molecule is Cc1nc(S(=O)(=O)NCCC(=O)NC2CCC(C(=O)O)CC2)cn1C. The number of nitrogens with one attached hydrogen (secondary N) is 2. The zero-order chi connectivity index (χ0) is 18.6. The van der Waals surface area contributed by atoms with E-state index < -0.39 is 16.0 Å². The van der Waals surface area contributed by atoms with Crippen LogP contribution in [0.15, 0.2) is 11.2 Å². The molecule has 0 spiro atoms. The second-order valence-corrected chi connectivity index (χ2v) is 8.05. The normalized spacial score (nSPS) is 21.0. The summed E-state index contributed by atoms with van der Waals surface area (Å²) in [6, 6.07) is -0.0434. The number of aliphatic carboxylic acids is 1. The number of aromatic nitrogens is 2. The third kappa shape index (κ3) is 5.27. The fourth-order valence-corrected chi connectivity index (χ4v) is 3.88. The summed E-state index contributed by atoms with van der Waals surface area (Å²) in [5, 5.41) is 11.7. The van der Waals surface area contributed by atoms with Crippen molar-refractivity contribution in [1.29, 1.82) is 0 Å². The number of nitrogens with zero attached hydrogens (tertiary/aromatic N) is 2. The predicted molar refractivity (Wildman–Crippen MR) is 89.3 cm³/mol. The highest BCUT2D eigenvalue weighted by atomic mass is 32.2. The first-order valence-electron chi connectivity index (χ1n) is 8.21. The lowest BCUT2D eigenvalue weighted by Crippen LogP contribution is -2.40. The molecule has 0 unspecified atom stereocenters. The Balaban J connectivity index is 1.74. The van der Waals surface area contributed by atoms with Gasteiger partial charge >= 0.3 is 5.97 Å². The molecule has 2 rings (SSSR count). The Bertz CT molecular complexity index is 716. The molecule has 10 heteroatoms. The van der Waals surface area contributed by atoms with Crippen LogP contribution in [-0.2, 0) is 26.7 Å². The van der Waals surface area contributed by atoms with Gasteiger partial charge in [-0.1, -0.05) is 0 Å². The molecule has 1 saturated carbocycles. The third-order valence-corrected chi connectivity index (χ3v) is 5.78. The maximum absolute atomic E-state index is 12.1. The summed E-state index contributed by atoms with van der Waals surface area (Å²) in [5.74, 6) is -0.792. The second-order valence-electron chi connectivity index (χ2n) is 6.34. The lowest BCUT2D eigenvalue weighted by Gasteiger charge is -2.26. The summed E-state index contributed by atoms with van der Waals surface area (Å²) >= 11 is 0. The van der Waals surface area contributed by atoms with E-state index in [9.17, 15) is 18.0 Å². The van der Waals surface area contributed by atoms with Crippen LogP contribution >= 0.6 is 0 Å². The first-order chi connectivity index (χ1) is 11.7. The van der Waals surface area contributed by atoms with Gasteiger partial charge < -0.3 is 15.0 Å². The minimum absolute atomic E-state index is 0.0178. The minimum Gasteiger partial charge on any atom is -0.481 e. The Morgan fingerprint density at radius 3 is 2.48 bits per heavy atom. The van der Waals surface area contributed by atoms with E-state index in [0.29, 0.717) is 31.5 Å². The van der Waals surface area contributed by atoms with Crippen molar-refractivity contribution in [2.45, 2.75) is 50.1 Å². The number of carbonyl (C=O) groups excluding carboxylic acids is 1. The highest BCUT2D eigenvalue weighted by Gasteiger charge is 2.26. The molecule has 0 saturated heterocycles. The molecule has 1 amide bonds. The summed E-state index contributed by atoms with van der Waals surface area (Å²) in [6.45, 7) is 1.68. The van der Waals surface area contributed by atoms with Crippen LogP contribution in [0, 0.1) is 12.8 Å². The average molecular weight is 372 g/mol. The summed E-state index contributed by atoms with van der Waals surface area (Å²) in [4.78, 5) is 26.8. The van der Waals surface area contributed by atoms with Crippen molar-refractivity contribution in [1.82, 2.24) is 19.6 Å². The molecule has 1 aromatic heterocycles. The van der Waals surface area contributed by atoms with Gasteiger partial charge in [0, 0.05) is 32.3 Å². The fourth-order valence-electron chi connectivity index (χ4n) is 2.81. The van der Waals surface area contributed by atoms with Gasteiger partial charge in [-0.3, -0.25) is 9.59 Å². The maximum atomic E-state index is 12.1. The summed E-state index contributed by atoms with van der Waals surface area (Å²) in [5.41, 5.74) is 0. The fraction of sp³-hybridized carbons (Fsp3) is 0.667. The van der Waals surface area contributed by atoms with Crippen molar-refractivity contribution in [2.24, 2.45) is 13.0 Å². The molecule has 0 radical (unpaired) electrons. The van der Waals surface area contributed by atoms with Crippen LogP contribution in [0.1, 0.15) is 37.9 Å². The number of carbonyl (C=O) groups is 2. The Labute approximate surface area is 146 Å². The Hall–Kier alpha value is -1.94. The largest absolute Gasteiger partial charge is 0.481 e. The van der Waals surface area contributed by atoms with Crippen molar-refractivity contribution in [3.05, 3.63) is 12.0 Å². The number of carboxylic acids is 1. The van der Waals surface area contributed by atoms with Crippen molar-refractivity contribution in [3.8, 4) is 0 Å². The molecule has 0 atom stereocenters. The van der Waals surface area contributed by atoms with Crippen LogP contribution in [0.5, 0.6) is 0 Å². The van der Waals surface area contributed by atoms with E-state index in [2.05, 4.69) is 15.0 Å². The molecule has 1 aliphatic carbocycles. The molecule has 0 aliphatic heterocycles. The van der Waals surface area contributed by atoms with Crippen LogP contribution in [0.3, 0.4) is 0 Å². The van der Waals surface area contributed by atoms with Gasteiger partial charge in [0.05, 0.1) is 5.92 Å². The molecule has 1 heterocycles. The molecule has 140 valence electrons. The standard InChI is InChI=1S/C15H24N4O5S/c1-10-17-14(9-19(10)2)25(23,24)16-8-7-13(20)18-12-5-3-11(4-6-12)15(21)22/h9,11-12,16H,3-8H2,1-2H3,(H,18,20)(H,21,22). The van der Waals surface area contributed by atoms with Gasteiger partial charge in [-0.2, -0.15) is 0 Å². The molecule has 1 aromatic rings. The highest BCUT2D eigenvalue weighted by molar-refractivity contribution is 7.89. The first kappa shape index (κ1) is 19.4. The minimum atomic E-state index is -3.73. The van der Waals surface area contributed by atoms with E-state index in [1.54, 1.807) is 18.5 Å². The van der Waals surface area contributed by atoms with E-state index in [1.807, 2.05) is 0 Å². The van der Waals surface area contributed by atoms with Crippen LogP contribution in [0.4, 0.5) is 0 Å². The van der Waals surface area contributed by atoms with Crippen molar-refractivity contribution < 1.29 is 23.1 Å². The number of imidazole rings is 1. The summed E-state index contributed by atoms with van der Waals surface area (Å²) in [7, 11) is -2.03. The van der Waals surface area contributed by atoms with Crippen molar-refractivity contribution in [2.75, 3.05) is 6.54 Å². The Morgan fingerprint density at radius 1 is 1.32 bits per heavy atom. The van der Waals surface area contributed by atoms with Gasteiger partial charge in [-0.25, -0.2) is 18.1 Å². The summed E-state index contributed by atoms with van der Waals surface area (Å²) in [6.07, 6.45) is 3.78. The maximum Gasteiger partial charge on any atom is 0.306 e. The number of aryl methyl sites for hydroxylation is 2. The van der Waals surface area contributed by atoms with Crippen molar-refractivity contribution in [3.63, 3.8) is 0 Å². The number of sulfonamides is 1. The number of rotatable bonds is 7. The number of hydrogen-bond donors (Lipinski definition) is 3. The lowest BCUT2D eigenvalue weighted by atomic mass is 9.86. The monoisotopic (exact) mass is 372 g/mol. The first-order valence-corrected chi connectivity index (χ1v) is 9.69.